The number of esters is 1. The lowest BCUT2D eigenvalue weighted by Crippen LogP contribution is -2.20. The Hall–Kier alpha value is -0.960. The first-order chi connectivity index (χ1) is 9.59. The molecular weight excluding hydrogens is 353 g/mol. The van der Waals surface area contributed by atoms with Gasteiger partial charge in [-0.3, -0.25) is 0 Å². The highest BCUT2D eigenvalue weighted by Crippen LogP contribution is 2.33. The molecule has 5 nitrogen and oxygen atoms in total. The number of hydrogen-bond acceptors (Lipinski definition) is 5. The summed E-state index contributed by atoms with van der Waals surface area (Å²) in [5.41, 5.74) is -0.655. The van der Waals surface area contributed by atoms with Crippen molar-refractivity contribution >= 4 is 37.3 Å². The van der Waals surface area contributed by atoms with Crippen molar-refractivity contribution in [1.82, 2.24) is 0 Å². The summed E-state index contributed by atoms with van der Waals surface area (Å²) < 4.78 is 58.9. The van der Waals surface area contributed by atoms with Crippen molar-refractivity contribution in [2.24, 2.45) is 0 Å². The Balaban J connectivity index is 3.33. The van der Waals surface area contributed by atoms with E-state index >= 15 is 0 Å². The Labute approximate surface area is 129 Å². The molecule has 1 aromatic carbocycles. The summed E-state index contributed by atoms with van der Waals surface area (Å²) in [6.07, 6.45) is -0.706. The molecule has 0 heterocycles. The molecule has 0 aliphatic heterocycles. The molecule has 21 heavy (non-hydrogen) atoms. The quantitative estimate of drug-likeness (QED) is 0.457. The molecule has 0 amide bonds. The molecule has 1 unspecified atom stereocenters. The minimum atomic E-state index is -4.69. The van der Waals surface area contributed by atoms with Crippen LogP contribution in [0.1, 0.15) is 17.3 Å². The predicted molar refractivity (Wildman–Crippen MR) is 71.2 cm³/mol. The van der Waals surface area contributed by atoms with Gasteiger partial charge in [-0.05, 0) is 13.0 Å². The highest BCUT2D eigenvalue weighted by atomic mass is 35.7. The van der Waals surface area contributed by atoms with Crippen molar-refractivity contribution in [2.45, 2.75) is 17.9 Å². The second kappa shape index (κ2) is 6.87. The number of carbonyl (C=O) groups is 1. The molecule has 1 rings (SSSR count). The second-order valence-electron chi connectivity index (χ2n) is 3.97. The largest absolute Gasteiger partial charge is 0.457 e. The minimum Gasteiger partial charge on any atom is -0.457 e. The van der Waals surface area contributed by atoms with Crippen molar-refractivity contribution in [3.63, 3.8) is 0 Å². The normalized spacial score (nSPS) is 13.0. The molecule has 0 aromatic heterocycles. The highest BCUT2D eigenvalue weighted by molar-refractivity contribution is 8.13. The van der Waals surface area contributed by atoms with E-state index in [0.29, 0.717) is 6.07 Å². The molecule has 118 valence electrons. The minimum absolute atomic E-state index is 0.0493. The first-order valence-electron chi connectivity index (χ1n) is 5.41. The second-order valence-corrected chi connectivity index (χ2v) is 6.85. The third-order valence-corrected chi connectivity index (χ3v) is 4.13. The Morgan fingerprint density at radius 2 is 2.00 bits per heavy atom. The van der Waals surface area contributed by atoms with E-state index in [1.165, 1.54) is 14.0 Å². The van der Waals surface area contributed by atoms with Gasteiger partial charge in [0.15, 0.2) is 11.6 Å². The summed E-state index contributed by atoms with van der Waals surface area (Å²) in [5, 5.41) is -0.849. The number of halogens is 4. The molecule has 0 saturated heterocycles. The molecular formula is C11H10Cl2F2O5S. The van der Waals surface area contributed by atoms with E-state index in [0.717, 1.165) is 0 Å². The van der Waals surface area contributed by atoms with E-state index in [9.17, 15) is 22.0 Å². The van der Waals surface area contributed by atoms with Gasteiger partial charge < -0.3 is 9.47 Å². The molecule has 0 saturated carbocycles. The SMILES string of the molecule is COCC(C)OC(=O)c1cc(F)c(F)c(S(=O)(=O)Cl)c1Cl. The lowest BCUT2D eigenvalue weighted by atomic mass is 10.2. The fourth-order valence-electron chi connectivity index (χ4n) is 1.46. The maximum atomic E-state index is 13.5. The van der Waals surface area contributed by atoms with Gasteiger partial charge in [-0.15, -0.1) is 0 Å². The fourth-order valence-corrected chi connectivity index (χ4v) is 3.17. The van der Waals surface area contributed by atoms with Crippen molar-refractivity contribution in [1.29, 1.82) is 0 Å². The Morgan fingerprint density at radius 1 is 1.43 bits per heavy atom. The van der Waals surface area contributed by atoms with Crippen LogP contribution in [0, 0.1) is 11.6 Å². The summed E-state index contributed by atoms with van der Waals surface area (Å²) in [4.78, 5) is 10.5. The average molecular weight is 363 g/mol. The zero-order valence-corrected chi connectivity index (χ0v) is 13.2. The van der Waals surface area contributed by atoms with Gasteiger partial charge in [0.25, 0.3) is 9.05 Å². The third kappa shape index (κ3) is 4.26. The van der Waals surface area contributed by atoms with Crippen LogP contribution in [0.3, 0.4) is 0 Å². The van der Waals surface area contributed by atoms with E-state index in [2.05, 4.69) is 0 Å². The Bertz CT molecular complexity index is 663. The standard InChI is InChI=1S/C11H10Cl2F2O5S/c1-5(4-19-2)20-11(16)6-3-7(14)9(15)10(8(6)12)21(13,17)18/h3,5H,4H2,1-2H3. The van der Waals surface area contributed by atoms with Gasteiger partial charge in [0.05, 0.1) is 17.2 Å². The Morgan fingerprint density at radius 3 is 2.48 bits per heavy atom. The van der Waals surface area contributed by atoms with Gasteiger partial charge in [-0.2, -0.15) is 0 Å². The maximum Gasteiger partial charge on any atom is 0.340 e. The van der Waals surface area contributed by atoms with Crippen LogP contribution in [0.4, 0.5) is 8.78 Å². The number of hydrogen-bond donors (Lipinski definition) is 0. The summed E-state index contributed by atoms with van der Waals surface area (Å²) in [5.74, 6) is -4.49. The highest BCUT2D eigenvalue weighted by Gasteiger charge is 2.29. The molecule has 0 aliphatic rings. The third-order valence-electron chi connectivity index (χ3n) is 2.29. The average Bonchev–Trinajstić information content (AvgIpc) is 2.32. The van der Waals surface area contributed by atoms with E-state index < -0.39 is 48.2 Å². The van der Waals surface area contributed by atoms with Gasteiger partial charge in [0.2, 0.25) is 0 Å². The van der Waals surface area contributed by atoms with Crippen LogP contribution in [0.5, 0.6) is 0 Å². The zero-order valence-electron chi connectivity index (χ0n) is 10.8. The van der Waals surface area contributed by atoms with E-state index in [1.54, 1.807) is 0 Å². The number of rotatable bonds is 5. The van der Waals surface area contributed by atoms with Crippen LogP contribution >= 0.6 is 22.3 Å². The predicted octanol–water partition coefficient (Wildman–Crippen LogP) is 2.74. The summed E-state index contributed by atoms with van der Waals surface area (Å²) in [6, 6.07) is 0.436. The lowest BCUT2D eigenvalue weighted by molar-refractivity contribution is 0.0119. The maximum absolute atomic E-state index is 13.5. The van der Waals surface area contributed by atoms with Crippen LogP contribution < -0.4 is 0 Å². The lowest BCUT2D eigenvalue weighted by Gasteiger charge is -2.14. The topological polar surface area (TPSA) is 69.7 Å². The van der Waals surface area contributed by atoms with Gasteiger partial charge in [0, 0.05) is 17.8 Å². The zero-order chi connectivity index (χ0) is 16.4. The monoisotopic (exact) mass is 362 g/mol. The molecule has 0 radical (unpaired) electrons. The van der Waals surface area contributed by atoms with Crippen LogP contribution in [0.2, 0.25) is 5.02 Å². The molecule has 1 aromatic rings. The smallest absolute Gasteiger partial charge is 0.340 e. The number of ether oxygens (including phenoxy) is 2. The molecule has 0 N–H and O–H groups in total. The van der Waals surface area contributed by atoms with Gasteiger partial charge >= 0.3 is 5.97 Å². The van der Waals surface area contributed by atoms with Gasteiger partial charge in [-0.25, -0.2) is 22.0 Å². The number of methoxy groups -OCH3 is 1. The summed E-state index contributed by atoms with van der Waals surface area (Å²) in [7, 11) is 1.66. The van der Waals surface area contributed by atoms with E-state index in [1.807, 2.05) is 0 Å². The van der Waals surface area contributed by atoms with Crippen LogP contribution in [-0.4, -0.2) is 34.2 Å². The van der Waals surface area contributed by atoms with E-state index in [-0.39, 0.29) is 6.61 Å². The first-order valence-corrected chi connectivity index (χ1v) is 8.10. The molecule has 0 fully saturated rings. The first kappa shape index (κ1) is 18.1. The van der Waals surface area contributed by atoms with Gasteiger partial charge in [0.1, 0.15) is 11.0 Å². The molecule has 0 aliphatic carbocycles. The molecule has 1 atom stereocenters. The molecule has 0 bridgehead atoms. The number of benzene rings is 1. The van der Waals surface area contributed by atoms with Crippen LogP contribution in [0.15, 0.2) is 11.0 Å². The van der Waals surface area contributed by atoms with Crippen molar-refractivity contribution in [2.75, 3.05) is 13.7 Å². The Kier molecular flexibility index (Phi) is 5.92. The van der Waals surface area contributed by atoms with Crippen molar-refractivity contribution in [3.05, 3.63) is 28.3 Å². The molecule has 10 heteroatoms. The van der Waals surface area contributed by atoms with Crippen LogP contribution in [-0.2, 0) is 18.5 Å². The van der Waals surface area contributed by atoms with Crippen molar-refractivity contribution < 1.29 is 31.5 Å². The summed E-state index contributed by atoms with van der Waals surface area (Å²) >= 11 is 5.62. The van der Waals surface area contributed by atoms with E-state index in [4.69, 9.17) is 31.8 Å². The number of carbonyl (C=O) groups excluding carboxylic acids is 1. The molecule has 0 spiro atoms. The summed E-state index contributed by atoms with van der Waals surface area (Å²) in [6.45, 7) is 1.53. The van der Waals surface area contributed by atoms with Gasteiger partial charge in [-0.1, -0.05) is 11.6 Å². The van der Waals surface area contributed by atoms with Crippen molar-refractivity contribution in [3.8, 4) is 0 Å². The fraction of sp³-hybridized carbons (Fsp3) is 0.364. The van der Waals surface area contributed by atoms with Crippen LogP contribution in [0.25, 0.3) is 0 Å².